The van der Waals surface area contributed by atoms with Gasteiger partial charge in [-0.05, 0) is 53.6 Å². The summed E-state index contributed by atoms with van der Waals surface area (Å²) in [5.41, 5.74) is 2.36. The topological polar surface area (TPSA) is 75.7 Å². The van der Waals surface area contributed by atoms with Crippen LogP contribution in [0.3, 0.4) is 0 Å². The third-order valence-corrected chi connectivity index (χ3v) is 6.51. The first-order valence-electron chi connectivity index (χ1n) is 10.1. The molecule has 6 nitrogen and oxygen atoms in total. The summed E-state index contributed by atoms with van der Waals surface area (Å²) < 4.78 is 6.29. The van der Waals surface area contributed by atoms with Gasteiger partial charge in [-0.15, -0.1) is 0 Å². The van der Waals surface area contributed by atoms with Crippen LogP contribution >= 0.6 is 39.1 Å². The van der Waals surface area contributed by atoms with Gasteiger partial charge in [0.2, 0.25) is 0 Å². The fraction of sp³-hybridized carbons (Fsp3) is 0.0800. The largest absolute Gasteiger partial charge is 0.496 e. The lowest BCUT2D eigenvalue weighted by Crippen LogP contribution is -2.54. The van der Waals surface area contributed by atoms with E-state index in [9.17, 15) is 14.4 Å². The predicted molar refractivity (Wildman–Crippen MR) is 135 cm³/mol. The second-order valence-corrected chi connectivity index (χ2v) is 9.09. The van der Waals surface area contributed by atoms with E-state index in [0.717, 1.165) is 16.0 Å². The van der Waals surface area contributed by atoms with E-state index in [-0.39, 0.29) is 11.3 Å². The number of carbonyl (C=O) groups is 3. The number of halogens is 3. The second-order valence-electron chi connectivity index (χ2n) is 7.39. The maximum absolute atomic E-state index is 13.1. The quantitative estimate of drug-likeness (QED) is 0.306. The van der Waals surface area contributed by atoms with Crippen molar-refractivity contribution in [1.82, 2.24) is 5.32 Å². The van der Waals surface area contributed by atoms with Gasteiger partial charge in [-0.25, -0.2) is 9.69 Å². The Bertz CT molecular complexity index is 1360. The molecule has 1 N–H and O–H groups in total. The summed E-state index contributed by atoms with van der Waals surface area (Å²) in [5.74, 6) is -0.998. The molecule has 0 aromatic heterocycles. The third-order valence-electron chi connectivity index (χ3n) is 5.20. The van der Waals surface area contributed by atoms with E-state index in [2.05, 4.69) is 21.2 Å². The summed E-state index contributed by atoms with van der Waals surface area (Å²) in [7, 11) is 1.53. The Kier molecular flexibility index (Phi) is 7.07. The Morgan fingerprint density at radius 2 is 1.79 bits per heavy atom. The first kappa shape index (κ1) is 24.0. The van der Waals surface area contributed by atoms with Crippen molar-refractivity contribution in [3.8, 4) is 5.75 Å². The van der Waals surface area contributed by atoms with Crippen molar-refractivity contribution >= 4 is 68.7 Å². The average molecular weight is 560 g/mol. The molecule has 0 radical (unpaired) electrons. The zero-order chi connectivity index (χ0) is 24.4. The summed E-state index contributed by atoms with van der Waals surface area (Å²) in [6.07, 6.45) is 1.92. The number of benzene rings is 3. The van der Waals surface area contributed by atoms with Crippen LogP contribution < -0.4 is 15.0 Å². The average Bonchev–Trinajstić information content (AvgIpc) is 2.79. The lowest BCUT2D eigenvalue weighted by atomic mass is 10.0. The lowest BCUT2D eigenvalue weighted by Gasteiger charge is -2.26. The number of rotatable bonds is 5. The number of barbiturate groups is 1. The molecule has 3 aromatic rings. The Balaban J connectivity index is 1.72. The first-order valence-corrected chi connectivity index (χ1v) is 11.6. The number of hydrogen-bond donors (Lipinski definition) is 1. The third kappa shape index (κ3) is 4.87. The fourth-order valence-corrected chi connectivity index (χ4v) is 4.56. The molecule has 0 spiro atoms. The molecule has 4 rings (SSSR count). The first-order chi connectivity index (χ1) is 16.3. The molecule has 0 saturated carbocycles. The summed E-state index contributed by atoms with van der Waals surface area (Å²) in [5, 5.41) is 3.19. The van der Waals surface area contributed by atoms with Gasteiger partial charge in [0.25, 0.3) is 11.8 Å². The van der Waals surface area contributed by atoms with Crippen molar-refractivity contribution in [3.05, 3.63) is 97.4 Å². The van der Waals surface area contributed by atoms with Crippen molar-refractivity contribution < 1.29 is 19.1 Å². The van der Waals surface area contributed by atoms with Crippen LogP contribution in [-0.2, 0) is 16.0 Å². The molecule has 172 valence electrons. The molecule has 0 atom stereocenters. The SMILES string of the molecule is COc1cc(/C=C2\C(=O)NC(=O)N(c3cccc(Cl)c3)C2=O)cc(Br)c1Cc1ccccc1Cl. The van der Waals surface area contributed by atoms with Crippen LogP contribution in [0.1, 0.15) is 16.7 Å². The van der Waals surface area contributed by atoms with E-state index in [1.807, 2.05) is 24.3 Å². The number of ether oxygens (including phenoxy) is 1. The highest BCUT2D eigenvalue weighted by molar-refractivity contribution is 9.10. The number of nitrogens with one attached hydrogen (secondary N) is 1. The number of hydrogen-bond acceptors (Lipinski definition) is 4. The summed E-state index contributed by atoms with van der Waals surface area (Å²) in [6, 6.07) is 16.4. The maximum Gasteiger partial charge on any atom is 0.335 e. The molecular weight excluding hydrogens is 543 g/mol. The smallest absolute Gasteiger partial charge is 0.335 e. The van der Waals surface area contributed by atoms with E-state index >= 15 is 0 Å². The van der Waals surface area contributed by atoms with Gasteiger partial charge < -0.3 is 4.74 Å². The van der Waals surface area contributed by atoms with Crippen molar-refractivity contribution in [2.45, 2.75) is 6.42 Å². The second kappa shape index (κ2) is 10.0. The van der Waals surface area contributed by atoms with Gasteiger partial charge in [0.1, 0.15) is 11.3 Å². The van der Waals surface area contributed by atoms with Gasteiger partial charge in [0.15, 0.2) is 0 Å². The van der Waals surface area contributed by atoms with Crippen molar-refractivity contribution in [3.63, 3.8) is 0 Å². The number of carbonyl (C=O) groups excluding carboxylic acids is 3. The minimum Gasteiger partial charge on any atom is -0.496 e. The van der Waals surface area contributed by atoms with E-state index < -0.39 is 17.8 Å². The highest BCUT2D eigenvalue weighted by Gasteiger charge is 2.37. The van der Waals surface area contributed by atoms with Crippen molar-refractivity contribution in [1.29, 1.82) is 0 Å². The summed E-state index contributed by atoms with van der Waals surface area (Å²) in [4.78, 5) is 38.9. The molecular formula is C25H17BrCl2N2O4. The van der Waals surface area contributed by atoms with E-state index in [4.69, 9.17) is 27.9 Å². The highest BCUT2D eigenvalue weighted by Crippen LogP contribution is 2.34. The Morgan fingerprint density at radius 3 is 2.50 bits per heavy atom. The molecule has 1 fully saturated rings. The zero-order valence-corrected chi connectivity index (χ0v) is 20.9. The van der Waals surface area contributed by atoms with Gasteiger partial charge >= 0.3 is 6.03 Å². The van der Waals surface area contributed by atoms with Crippen LogP contribution in [0.2, 0.25) is 10.0 Å². The molecule has 1 aliphatic heterocycles. The summed E-state index contributed by atoms with van der Waals surface area (Å²) in [6.45, 7) is 0. The molecule has 1 heterocycles. The van der Waals surface area contributed by atoms with Crippen LogP contribution in [0.5, 0.6) is 5.75 Å². The lowest BCUT2D eigenvalue weighted by molar-refractivity contribution is -0.122. The van der Waals surface area contributed by atoms with Gasteiger partial charge in [0, 0.05) is 26.5 Å². The molecule has 1 aliphatic rings. The molecule has 34 heavy (non-hydrogen) atoms. The highest BCUT2D eigenvalue weighted by atomic mass is 79.9. The normalized spacial score (nSPS) is 15.0. The number of imide groups is 2. The molecule has 1 saturated heterocycles. The predicted octanol–water partition coefficient (Wildman–Crippen LogP) is 6.02. The number of nitrogens with zero attached hydrogens (tertiary/aromatic N) is 1. The Hall–Kier alpha value is -3.13. The van der Waals surface area contributed by atoms with Crippen LogP contribution in [-0.4, -0.2) is 25.0 Å². The monoisotopic (exact) mass is 558 g/mol. The van der Waals surface area contributed by atoms with E-state index in [1.54, 1.807) is 30.3 Å². The van der Waals surface area contributed by atoms with E-state index in [0.29, 0.717) is 32.3 Å². The number of urea groups is 1. The molecule has 0 unspecified atom stereocenters. The summed E-state index contributed by atoms with van der Waals surface area (Å²) >= 11 is 15.9. The molecule has 3 aromatic carbocycles. The van der Waals surface area contributed by atoms with Gasteiger partial charge in [-0.2, -0.15) is 0 Å². The number of amides is 4. The van der Waals surface area contributed by atoms with Crippen molar-refractivity contribution in [2.24, 2.45) is 0 Å². The van der Waals surface area contributed by atoms with Gasteiger partial charge in [-0.1, -0.05) is 63.4 Å². The minimum absolute atomic E-state index is 0.201. The van der Waals surface area contributed by atoms with Gasteiger partial charge in [-0.3, -0.25) is 14.9 Å². The minimum atomic E-state index is -0.844. The number of methoxy groups -OCH3 is 1. The van der Waals surface area contributed by atoms with E-state index in [1.165, 1.54) is 19.3 Å². The standard InChI is InChI=1S/C25H17BrCl2N2O4/c1-34-22-11-14(10-20(26)18(22)12-15-5-2-3-8-21(15)28)9-19-23(31)29-25(33)30(24(19)32)17-7-4-6-16(27)13-17/h2-11,13H,12H2,1H3,(H,29,31,33)/b19-9+. The van der Waals surface area contributed by atoms with Crippen LogP contribution in [0, 0.1) is 0 Å². The fourth-order valence-electron chi connectivity index (χ4n) is 3.57. The molecule has 4 amide bonds. The molecule has 9 heteroatoms. The van der Waals surface area contributed by atoms with Crippen molar-refractivity contribution in [2.75, 3.05) is 12.0 Å². The Morgan fingerprint density at radius 1 is 1.03 bits per heavy atom. The molecule has 0 bridgehead atoms. The molecule has 0 aliphatic carbocycles. The van der Waals surface area contributed by atoms with Gasteiger partial charge in [0.05, 0.1) is 12.8 Å². The Labute approximate surface area is 214 Å². The van der Waals surface area contributed by atoms with Crippen LogP contribution in [0.4, 0.5) is 10.5 Å². The number of anilines is 1. The maximum atomic E-state index is 13.1. The van der Waals surface area contributed by atoms with Crippen LogP contribution in [0.25, 0.3) is 6.08 Å². The van der Waals surface area contributed by atoms with Crippen LogP contribution in [0.15, 0.2) is 70.7 Å². The zero-order valence-electron chi connectivity index (χ0n) is 17.8.